The quantitative estimate of drug-likeness (QED) is 0.882. The number of benzene rings is 1. The van der Waals surface area contributed by atoms with Gasteiger partial charge in [0, 0.05) is 5.25 Å². The van der Waals surface area contributed by atoms with Gasteiger partial charge in [-0.25, -0.2) is 8.42 Å². The molecule has 0 aromatic heterocycles. The number of thioether (sulfide) groups is 1. The molecule has 2 rings (SSSR count). The zero-order chi connectivity index (χ0) is 17.1. The van der Waals surface area contributed by atoms with Crippen LogP contribution in [-0.2, 0) is 14.6 Å². The summed E-state index contributed by atoms with van der Waals surface area (Å²) in [5.41, 5.74) is 0.986. The van der Waals surface area contributed by atoms with Gasteiger partial charge in [-0.3, -0.25) is 4.79 Å². The van der Waals surface area contributed by atoms with Crippen LogP contribution in [0.2, 0.25) is 0 Å². The van der Waals surface area contributed by atoms with Crippen molar-refractivity contribution >= 4 is 27.5 Å². The van der Waals surface area contributed by atoms with Gasteiger partial charge in [0.2, 0.25) is 5.91 Å². The maximum Gasteiger partial charge on any atom is 0.230 e. The van der Waals surface area contributed by atoms with Crippen molar-refractivity contribution in [3.63, 3.8) is 0 Å². The summed E-state index contributed by atoms with van der Waals surface area (Å²) < 4.78 is 22.9. The van der Waals surface area contributed by atoms with Crippen LogP contribution >= 0.6 is 11.8 Å². The molecule has 0 saturated carbocycles. The summed E-state index contributed by atoms with van der Waals surface area (Å²) in [6.07, 6.45) is 0.654. The molecule has 0 aliphatic carbocycles. The van der Waals surface area contributed by atoms with Crippen LogP contribution in [0.15, 0.2) is 30.3 Å². The third-order valence-corrected chi connectivity index (χ3v) is 7.23. The van der Waals surface area contributed by atoms with E-state index in [0.29, 0.717) is 12.2 Å². The van der Waals surface area contributed by atoms with Gasteiger partial charge in [0.05, 0.1) is 23.3 Å². The number of carbonyl (C=O) groups excluding carboxylic acids is 1. The highest BCUT2D eigenvalue weighted by Gasteiger charge is 2.30. The van der Waals surface area contributed by atoms with E-state index in [1.165, 1.54) is 11.8 Å². The molecule has 4 nitrogen and oxygen atoms in total. The molecule has 1 N–H and O–H groups in total. The summed E-state index contributed by atoms with van der Waals surface area (Å²) in [5, 5.41) is 3.16. The standard InChI is InChI=1S/C17H25NO3S2/c1-17(2,3)16(13-7-5-4-6-8-13)18-15(19)11-22-14-9-10-23(20,21)12-14/h4-8,14,16H,9-12H2,1-3H3,(H,18,19). The minimum atomic E-state index is -2.89. The zero-order valence-electron chi connectivity index (χ0n) is 13.9. The first-order valence-electron chi connectivity index (χ1n) is 7.84. The number of amides is 1. The van der Waals surface area contributed by atoms with Crippen LogP contribution in [0.3, 0.4) is 0 Å². The van der Waals surface area contributed by atoms with Crippen LogP contribution in [-0.4, -0.2) is 36.8 Å². The first-order valence-corrected chi connectivity index (χ1v) is 10.7. The van der Waals surface area contributed by atoms with Gasteiger partial charge in [-0.05, 0) is 17.4 Å². The fraction of sp³-hybridized carbons (Fsp3) is 0.588. The molecule has 0 spiro atoms. The van der Waals surface area contributed by atoms with Crippen molar-refractivity contribution < 1.29 is 13.2 Å². The Labute approximate surface area is 143 Å². The average Bonchev–Trinajstić information content (AvgIpc) is 2.82. The zero-order valence-corrected chi connectivity index (χ0v) is 15.5. The molecular weight excluding hydrogens is 330 g/mol. The van der Waals surface area contributed by atoms with Crippen molar-refractivity contribution in [2.24, 2.45) is 5.41 Å². The summed E-state index contributed by atoms with van der Waals surface area (Å²) >= 11 is 1.45. The maximum absolute atomic E-state index is 12.3. The van der Waals surface area contributed by atoms with Gasteiger partial charge in [0.1, 0.15) is 0 Å². The van der Waals surface area contributed by atoms with E-state index in [2.05, 4.69) is 26.1 Å². The Morgan fingerprint density at radius 3 is 2.48 bits per heavy atom. The first-order chi connectivity index (χ1) is 10.7. The van der Waals surface area contributed by atoms with Crippen LogP contribution in [0, 0.1) is 5.41 Å². The molecule has 1 aliphatic rings. The average molecular weight is 356 g/mol. The Morgan fingerprint density at radius 1 is 1.30 bits per heavy atom. The second kappa shape index (κ2) is 7.26. The van der Waals surface area contributed by atoms with E-state index < -0.39 is 9.84 Å². The molecule has 6 heteroatoms. The van der Waals surface area contributed by atoms with Crippen LogP contribution < -0.4 is 5.32 Å². The molecular formula is C17H25NO3S2. The van der Waals surface area contributed by atoms with Crippen LogP contribution in [0.4, 0.5) is 0 Å². The fourth-order valence-corrected chi connectivity index (χ4v) is 6.19. The summed E-state index contributed by atoms with van der Waals surface area (Å²) in [6, 6.07) is 9.88. The van der Waals surface area contributed by atoms with E-state index in [0.717, 1.165) is 5.56 Å². The van der Waals surface area contributed by atoms with E-state index in [1.807, 2.05) is 30.3 Å². The fourth-order valence-electron chi connectivity index (χ4n) is 2.73. The summed E-state index contributed by atoms with van der Waals surface area (Å²) in [7, 11) is -2.89. The number of hydrogen-bond acceptors (Lipinski definition) is 4. The Hall–Kier alpha value is -1.01. The molecule has 2 unspecified atom stereocenters. The van der Waals surface area contributed by atoms with Crippen molar-refractivity contribution in [3.8, 4) is 0 Å². The number of hydrogen-bond donors (Lipinski definition) is 1. The Morgan fingerprint density at radius 2 is 1.96 bits per heavy atom. The monoisotopic (exact) mass is 355 g/mol. The van der Waals surface area contributed by atoms with Gasteiger partial charge < -0.3 is 5.32 Å². The highest BCUT2D eigenvalue weighted by Crippen LogP contribution is 2.33. The van der Waals surface area contributed by atoms with E-state index in [1.54, 1.807) is 0 Å². The molecule has 0 bridgehead atoms. The molecule has 1 aromatic carbocycles. The minimum Gasteiger partial charge on any atom is -0.348 e. The predicted octanol–water partition coefficient (Wildman–Crippen LogP) is 2.81. The highest BCUT2D eigenvalue weighted by molar-refractivity contribution is 8.02. The number of sulfone groups is 1. The lowest BCUT2D eigenvalue weighted by atomic mass is 9.82. The van der Waals surface area contributed by atoms with Gasteiger partial charge in [-0.15, -0.1) is 11.8 Å². The van der Waals surface area contributed by atoms with E-state index in [-0.39, 0.29) is 34.1 Å². The number of carbonyl (C=O) groups is 1. The molecule has 1 amide bonds. The third kappa shape index (κ3) is 5.53. The van der Waals surface area contributed by atoms with Gasteiger partial charge in [-0.2, -0.15) is 0 Å². The van der Waals surface area contributed by atoms with Crippen LogP contribution in [0.5, 0.6) is 0 Å². The molecule has 1 heterocycles. The first kappa shape index (κ1) is 18.3. The Bertz CT molecular complexity index is 636. The summed E-state index contributed by atoms with van der Waals surface area (Å²) in [5.74, 6) is 0.718. The minimum absolute atomic E-state index is 0.0388. The SMILES string of the molecule is CC(C)(C)C(NC(=O)CSC1CCS(=O)(=O)C1)c1ccccc1. The van der Waals surface area contributed by atoms with Crippen molar-refractivity contribution in [2.75, 3.05) is 17.3 Å². The highest BCUT2D eigenvalue weighted by atomic mass is 32.2. The molecule has 1 aliphatic heterocycles. The molecule has 0 radical (unpaired) electrons. The van der Waals surface area contributed by atoms with Crippen LogP contribution in [0.25, 0.3) is 0 Å². The molecule has 2 atom stereocenters. The second-order valence-electron chi connectivity index (χ2n) is 7.11. The maximum atomic E-state index is 12.3. The van der Waals surface area contributed by atoms with Crippen molar-refractivity contribution in [1.29, 1.82) is 0 Å². The Balaban J connectivity index is 1.94. The van der Waals surface area contributed by atoms with Gasteiger partial charge in [0.25, 0.3) is 0 Å². The lowest BCUT2D eigenvalue weighted by molar-refractivity contribution is -0.120. The number of nitrogens with one attached hydrogen (secondary N) is 1. The van der Waals surface area contributed by atoms with E-state index in [4.69, 9.17) is 0 Å². The molecule has 128 valence electrons. The summed E-state index contributed by atoms with van der Waals surface area (Å²) in [6.45, 7) is 6.30. The second-order valence-corrected chi connectivity index (χ2v) is 10.6. The molecule has 1 aromatic rings. The van der Waals surface area contributed by atoms with Gasteiger partial charge in [-0.1, -0.05) is 51.1 Å². The smallest absolute Gasteiger partial charge is 0.230 e. The van der Waals surface area contributed by atoms with E-state index in [9.17, 15) is 13.2 Å². The molecule has 23 heavy (non-hydrogen) atoms. The Kier molecular flexibility index (Phi) is 5.79. The van der Waals surface area contributed by atoms with Crippen molar-refractivity contribution in [1.82, 2.24) is 5.32 Å². The van der Waals surface area contributed by atoms with Crippen molar-refractivity contribution in [2.45, 2.75) is 38.5 Å². The molecule has 1 saturated heterocycles. The van der Waals surface area contributed by atoms with Gasteiger partial charge >= 0.3 is 0 Å². The lowest BCUT2D eigenvalue weighted by Crippen LogP contribution is -2.37. The largest absolute Gasteiger partial charge is 0.348 e. The lowest BCUT2D eigenvalue weighted by Gasteiger charge is -2.32. The van der Waals surface area contributed by atoms with E-state index >= 15 is 0 Å². The topological polar surface area (TPSA) is 63.2 Å². The third-order valence-electron chi connectivity index (χ3n) is 3.95. The normalized spacial score (nSPS) is 21.8. The number of rotatable bonds is 5. The molecule has 1 fully saturated rings. The van der Waals surface area contributed by atoms with Crippen LogP contribution in [0.1, 0.15) is 38.8 Å². The van der Waals surface area contributed by atoms with Crippen molar-refractivity contribution in [3.05, 3.63) is 35.9 Å². The summed E-state index contributed by atoms with van der Waals surface area (Å²) in [4.78, 5) is 12.3. The van der Waals surface area contributed by atoms with Gasteiger partial charge in [0.15, 0.2) is 9.84 Å². The predicted molar refractivity (Wildman–Crippen MR) is 96.3 cm³/mol.